The molecular weight excluding hydrogens is 285 g/mol. The third-order valence-corrected chi connectivity index (χ3v) is 3.08. The molecule has 1 heterocycles. The Labute approximate surface area is 80.5 Å². The average Bonchev–Trinajstić information content (AvgIpc) is 2.18. The lowest BCUT2D eigenvalue weighted by atomic mass is 10.7. The van der Waals surface area contributed by atoms with Crippen LogP contribution < -0.4 is 0 Å². The molecular formula is C5H5F2IN2S. The number of hydrogen-bond acceptors (Lipinski definition) is 2. The number of alkyl halides is 2. The second-order valence-corrected chi connectivity index (χ2v) is 3.94. The summed E-state index contributed by atoms with van der Waals surface area (Å²) < 4.78 is 26.0. The second-order valence-electron chi connectivity index (χ2n) is 1.80. The summed E-state index contributed by atoms with van der Waals surface area (Å²) in [6, 6.07) is 0. The highest BCUT2D eigenvalue weighted by Gasteiger charge is 2.12. The quantitative estimate of drug-likeness (QED) is 0.614. The fourth-order valence-electron chi connectivity index (χ4n) is 0.616. The van der Waals surface area contributed by atoms with Gasteiger partial charge >= 0.3 is 0 Å². The Balaban J connectivity index is 2.83. The maximum Gasteiger partial charge on any atom is 0.290 e. The maximum absolute atomic E-state index is 11.9. The lowest BCUT2D eigenvalue weighted by molar-refractivity contribution is 0.251. The van der Waals surface area contributed by atoms with Gasteiger partial charge in [0, 0.05) is 7.05 Å². The Kier molecular flexibility index (Phi) is 3.11. The molecule has 0 fully saturated rings. The molecule has 62 valence electrons. The van der Waals surface area contributed by atoms with Gasteiger partial charge in [-0.25, -0.2) is 0 Å². The van der Waals surface area contributed by atoms with Crippen molar-refractivity contribution in [1.82, 2.24) is 9.78 Å². The van der Waals surface area contributed by atoms with Crippen molar-refractivity contribution in [2.24, 2.45) is 7.05 Å². The van der Waals surface area contributed by atoms with Crippen LogP contribution in [0, 0.1) is 3.57 Å². The highest BCUT2D eigenvalue weighted by Crippen LogP contribution is 2.28. The standard InChI is InChI=1S/C5H5F2IN2S/c1-10-4(11-5(6)7)3(8)2-9-10/h2,5H,1H3. The molecule has 0 aliphatic heterocycles. The van der Waals surface area contributed by atoms with Crippen LogP contribution in [-0.4, -0.2) is 15.5 Å². The van der Waals surface area contributed by atoms with Crippen LogP contribution in [0.1, 0.15) is 0 Å². The molecule has 0 unspecified atom stereocenters. The maximum atomic E-state index is 11.9. The fourth-order valence-corrected chi connectivity index (χ4v) is 2.01. The Morgan fingerprint density at radius 1 is 1.73 bits per heavy atom. The van der Waals surface area contributed by atoms with Crippen LogP contribution in [-0.2, 0) is 7.05 Å². The van der Waals surface area contributed by atoms with Crippen molar-refractivity contribution in [3.63, 3.8) is 0 Å². The summed E-state index contributed by atoms with van der Waals surface area (Å²) in [7, 11) is 1.65. The van der Waals surface area contributed by atoms with Gasteiger partial charge in [0.2, 0.25) is 0 Å². The molecule has 0 aromatic carbocycles. The summed E-state index contributed by atoms with van der Waals surface area (Å²) in [5.41, 5.74) is 0. The minimum Gasteiger partial charge on any atom is -0.261 e. The third-order valence-electron chi connectivity index (χ3n) is 1.04. The largest absolute Gasteiger partial charge is 0.290 e. The Morgan fingerprint density at radius 2 is 2.36 bits per heavy atom. The zero-order chi connectivity index (χ0) is 8.43. The van der Waals surface area contributed by atoms with E-state index >= 15 is 0 Å². The van der Waals surface area contributed by atoms with E-state index in [0.717, 1.165) is 3.57 Å². The lowest BCUT2D eigenvalue weighted by Crippen LogP contribution is -1.94. The lowest BCUT2D eigenvalue weighted by Gasteiger charge is -1.99. The minimum atomic E-state index is -2.38. The topological polar surface area (TPSA) is 17.8 Å². The van der Waals surface area contributed by atoms with Crippen molar-refractivity contribution in [2.75, 3.05) is 0 Å². The molecule has 1 rings (SSSR count). The van der Waals surface area contributed by atoms with Gasteiger partial charge in [-0.2, -0.15) is 13.9 Å². The normalized spacial score (nSPS) is 11.0. The SMILES string of the molecule is Cn1ncc(I)c1SC(F)F. The summed E-state index contributed by atoms with van der Waals surface area (Å²) in [6.07, 6.45) is 1.56. The summed E-state index contributed by atoms with van der Waals surface area (Å²) >= 11 is 2.50. The van der Waals surface area contributed by atoms with Crippen LogP contribution in [0.25, 0.3) is 0 Å². The Bertz CT molecular complexity index is 231. The highest BCUT2D eigenvalue weighted by molar-refractivity contribution is 14.1. The van der Waals surface area contributed by atoms with E-state index in [2.05, 4.69) is 5.10 Å². The van der Waals surface area contributed by atoms with E-state index in [1.54, 1.807) is 13.2 Å². The minimum absolute atomic E-state index is 0.514. The Hall–Kier alpha value is 0.150. The molecule has 0 amide bonds. The van der Waals surface area contributed by atoms with Gasteiger partial charge in [-0.05, 0) is 34.4 Å². The first-order valence-corrected chi connectivity index (χ1v) is 4.69. The average molecular weight is 290 g/mol. The van der Waals surface area contributed by atoms with Crippen LogP contribution in [0.3, 0.4) is 0 Å². The number of nitrogens with zero attached hydrogens (tertiary/aromatic N) is 2. The first kappa shape index (κ1) is 9.24. The summed E-state index contributed by atoms with van der Waals surface area (Å²) in [5.74, 6) is -2.38. The number of aromatic nitrogens is 2. The number of hydrogen-bond donors (Lipinski definition) is 0. The molecule has 0 N–H and O–H groups in total. The molecule has 0 saturated heterocycles. The molecule has 0 saturated carbocycles. The van der Waals surface area contributed by atoms with Crippen molar-refractivity contribution in [2.45, 2.75) is 10.8 Å². The molecule has 6 heteroatoms. The van der Waals surface area contributed by atoms with Crippen molar-refractivity contribution < 1.29 is 8.78 Å². The van der Waals surface area contributed by atoms with Crippen molar-refractivity contribution in [1.29, 1.82) is 0 Å². The zero-order valence-corrected chi connectivity index (χ0v) is 8.57. The van der Waals surface area contributed by atoms with Crippen LogP contribution in [0.5, 0.6) is 0 Å². The van der Waals surface area contributed by atoms with E-state index in [0.29, 0.717) is 16.8 Å². The van der Waals surface area contributed by atoms with Crippen LogP contribution in [0.4, 0.5) is 8.78 Å². The van der Waals surface area contributed by atoms with Gasteiger partial charge in [-0.3, -0.25) is 4.68 Å². The van der Waals surface area contributed by atoms with E-state index in [1.165, 1.54) is 4.68 Å². The monoisotopic (exact) mass is 290 g/mol. The van der Waals surface area contributed by atoms with Crippen molar-refractivity contribution in [3.05, 3.63) is 9.77 Å². The summed E-state index contributed by atoms with van der Waals surface area (Å²) in [6.45, 7) is 0. The van der Waals surface area contributed by atoms with Gasteiger partial charge in [0.15, 0.2) is 0 Å². The number of rotatable bonds is 2. The van der Waals surface area contributed by atoms with Gasteiger partial charge in [0.1, 0.15) is 5.03 Å². The predicted octanol–water partition coefficient (Wildman–Crippen LogP) is 2.34. The molecule has 0 aliphatic rings. The highest BCUT2D eigenvalue weighted by atomic mass is 127. The van der Waals surface area contributed by atoms with Gasteiger partial charge in [0.05, 0.1) is 9.77 Å². The molecule has 1 aromatic rings. The number of halogens is 3. The van der Waals surface area contributed by atoms with Gasteiger partial charge < -0.3 is 0 Å². The fraction of sp³-hybridized carbons (Fsp3) is 0.400. The smallest absolute Gasteiger partial charge is 0.261 e. The molecule has 1 aromatic heterocycles. The van der Waals surface area contributed by atoms with Crippen molar-refractivity contribution in [3.8, 4) is 0 Å². The molecule has 2 nitrogen and oxygen atoms in total. The van der Waals surface area contributed by atoms with E-state index in [1.807, 2.05) is 22.6 Å². The second kappa shape index (κ2) is 3.70. The molecule has 11 heavy (non-hydrogen) atoms. The van der Waals surface area contributed by atoms with E-state index in [4.69, 9.17) is 0 Å². The van der Waals surface area contributed by atoms with Crippen LogP contribution in [0.2, 0.25) is 0 Å². The van der Waals surface area contributed by atoms with Gasteiger partial charge in [0.25, 0.3) is 5.76 Å². The molecule has 0 atom stereocenters. The van der Waals surface area contributed by atoms with Gasteiger partial charge in [-0.1, -0.05) is 0 Å². The van der Waals surface area contributed by atoms with E-state index in [9.17, 15) is 8.78 Å². The predicted molar refractivity (Wildman–Crippen MR) is 47.8 cm³/mol. The van der Waals surface area contributed by atoms with Crippen LogP contribution >= 0.6 is 34.4 Å². The van der Waals surface area contributed by atoms with Crippen LogP contribution in [0.15, 0.2) is 11.2 Å². The molecule has 0 spiro atoms. The van der Waals surface area contributed by atoms with Crippen molar-refractivity contribution >= 4 is 34.4 Å². The molecule has 0 aliphatic carbocycles. The summed E-state index contributed by atoms with van der Waals surface area (Å²) in [5, 5.41) is 4.34. The number of aryl methyl sites for hydroxylation is 1. The zero-order valence-electron chi connectivity index (χ0n) is 5.59. The summed E-state index contributed by atoms with van der Waals surface area (Å²) in [4.78, 5) is 0. The number of thioether (sulfide) groups is 1. The van der Waals surface area contributed by atoms with Gasteiger partial charge in [-0.15, -0.1) is 0 Å². The van der Waals surface area contributed by atoms with E-state index in [-0.39, 0.29) is 0 Å². The Morgan fingerprint density at radius 3 is 2.73 bits per heavy atom. The first-order valence-electron chi connectivity index (χ1n) is 2.73. The van der Waals surface area contributed by atoms with E-state index < -0.39 is 5.76 Å². The molecule has 0 radical (unpaired) electrons. The third kappa shape index (κ3) is 2.29. The first-order chi connectivity index (χ1) is 5.11. The molecule has 0 bridgehead atoms.